The summed E-state index contributed by atoms with van der Waals surface area (Å²) in [7, 11) is -1.09. The van der Waals surface area contributed by atoms with Crippen molar-refractivity contribution in [1.29, 1.82) is 5.26 Å². The molecule has 0 fully saturated rings. The number of aromatic nitrogens is 2. The van der Waals surface area contributed by atoms with Crippen LogP contribution in [-0.2, 0) is 10.0 Å². The molecule has 7 nitrogen and oxygen atoms in total. The van der Waals surface area contributed by atoms with E-state index in [-0.39, 0.29) is 34.0 Å². The third kappa shape index (κ3) is 2.61. The number of imidazole rings is 1. The van der Waals surface area contributed by atoms with E-state index in [1.807, 2.05) is 13.0 Å². The van der Waals surface area contributed by atoms with Crippen LogP contribution in [0.15, 0.2) is 17.0 Å². The molecule has 0 amide bonds. The number of nitrogens with zero attached hydrogens (tertiary/aromatic N) is 3. The van der Waals surface area contributed by atoms with Gasteiger partial charge in [-0.1, -0.05) is 6.92 Å². The monoisotopic (exact) mass is 320 g/mol. The summed E-state index contributed by atoms with van der Waals surface area (Å²) >= 11 is 0. The highest BCUT2D eigenvalue weighted by Crippen LogP contribution is 2.28. The molecule has 8 heteroatoms. The fraction of sp³-hybridized carbons (Fsp3) is 0.357. The number of hydrogen-bond donors (Lipinski definition) is 1. The summed E-state index contributed by atoms with van der Waals surface area (Å²) in [5.74, 6) is -0.253. The van der Waals surface area contributed by atoms with Crippen molar-refractivity contribution in [2.45, 2.75) is 24.7 Å². The second-order valence-corrected chi connectivity index (χ2v) is 7.08. The molecule has 2 aromatic rings. The number of sulfonamides is 1. The van der Waals surface area contributed by atoms with Crippen LogP contribution in [0.3, 0.4) is 0 Å². The zero-order valence-electron chi connectivity index (χ0n) is 12.5. The molecule has 0 atom stereocenters. The molecule has 0 saturated heterocycles. The predicted octanol–water partition coefficient (Wildman–Crippen LogP) is 1.67. The normalized spacial score (nSPS) is 11.8. The molecule has 0 spiro atoms. The van der Waals surface area contributed by atoms with E-state index in [9.17, 15) is 13.2 Å². The van der Waals surface area contributed by atoms with Gasteiger partial charge in [0.05, 0.1) is 5.52 Å². The van der Waals surface area contributed by atoms with Crippen LogP contribution < -0.4 is 0 Å². The molecule has 1 aromatic heterocycles. The molecule has 1 N–H and O–H groups in total. The number of carbonyl (C=O) groups is 1. The van der Waals surface area contributed by atoms with Crippen molar-refractivity contribution in [2.75, 3.05) is 14.1 Å². The van der Waals surface area contributed by atoms with E-state index in [0.29, 0.717) is 11.9 Å². The molecular weight excluding hydrogens is 304 g/mol. The summed E-state index contributed by atoms with van der Waals surface area (Å²) in [4.78, 5) is 18.9. The number of H-pyrrole nitrogens is 1. The van der Waals surface area contributed by atoms with Crippen LogP contribution in [0, 0.1) is 11.3 Å². The van der Waals surface area contributed by atoms with Crippen molar-refractivity contribution in [3.05, 3.63) is 23.5 Å². The zero-order chi connectivity index (χ0) is 16.5. The van der Waals surface area contributed by atoms with Crippen LogP contribution in [0.1, 0.15) is 35.9 Å². The van der Waals surface area contributed by atoms with Gasteiger partial charge in [-0.25, -0.2) is 17.7 Å². The SMILES string of the molecule is CCCC(=O)c1ccc2[nH]c(C#N)nc2c1S(=O)(=O)N(C)C. The molecule has 0 radical (unpaired) electrons. The van der Waals surface area contributed by atoms with Crippen molar-refractivity contribution >= 4 is 26.8 Å². The Hall–Kier alpha value is -2.24. The van der Waals surface area contributed by atoms with E-state index in [0.717, 1.165) is 4.31 Å². The van der Waals surface area contributed by atoms with Gasteiger partial charge in [0.1, 0.15) is 16.5 Å². The van der Waals surface area contributed by atoms with E-state index in [1.165, 1.54) is 20.2 Å². The molecule has 2 rings (SSSR count). The lowest BCUT2D eigenvalue weighted by Gasteiger charge is -2.15. The summed E-state index contributed by atoms with van der Waals surface area (Å²) in [6, 6.07) is 4.88. The lowest BCUT2D eigenvalue weighted by atomic mass is 10.1. The Morgan fingerprint density at radius 1 is 1.41 bits per heavy atom. The first-order valence-corrected chi connectivity index (χ1v) is 8.15. The summed E-state index contributed by atoms with van der Waals surface area (Å²) < 4.78 is 26.3. The molecule has 116 valence electrons. The van der Waals surface area contributed by atoms with Crippen LogP contribution in [0.4, 0.5) is 0 Å². The third-order valence-electron chi connectivity index (χ3n) is 3.23. The first kappa shape index (κ1) is 16.1. The maximum Gasteiger partial charge on any atom is 0.245 e. The summed E-state index contributed by atoms with van der Waals surface area (Å²) in [6.07, 6.45) is 0.860. The number of benzene rings is 1. The number of nitriles is 1. The number of Topliss-reactive ketones (excluding diaryl/α,β-unsaturated/α-hetero) is 1. The predicted molar refractivity (Wildman–Crippen MR) is 80.9 cm³/mol. The van der Waals surface area contributed by atoms with E-state index in [2.05, 4.69) is 9.97 Å². The first-order valence-electron chi connectivity index (χ1n) is 6.71. The standard InChI is InChI=1S/C14H16N4O3S/c1-4-5-11(19)9-6-7-10-13(17-12(8-15)16-10)14(9)22(20,21)18(2)3/h6-7H,4-5H2,1-3H3,(H,16,17). The van der Waals surface area contributed by atoms with Crippen LogP contribution in [-0.4, -0.2) is 42.6 Å². The molecule has 0 aliphatic carbocycles. The number of carbonyl (C=O) groups excluding carboxylic acids is 1. The Bertz CT molecular complexity index is 875. The molecule has 0 aliphatic rings. The zero-order valence-corrected chi connectivity index (χ0v) is 13.4. The number of ketones is 1. The fourth-order valence-corrected chi connectivity index (χ4v) is 3.35. The van der Waals surface area contributed by atoms with Gasteiger partial charge in [-0.3, -0.25) is 4.79 Å². The highest BCUT2D eigenvalue weighted by Gasteiger charge is 2.28. The van der Waals surface area contributed by atoms with Crippen molar-refractivity contribution in [2.24, 2.45) is 0 Å². The fourth-order valence-electron chi connectivity index (χ4n) is 2.13. The second-order valence-electron chi connectivity index (χ2n) is 5.00. The summed E-state index contributed by atoms with van der Waals surface area (Å²) in [5.41, 5.74) is 0.635. The number of fused-ring (bicyclic) bond motifs is 1. The van der Waals surface area contributed by atoms with Crippen LogP contribution in [0.25, 0.3) is 11.0 Å². The molecule has 22 heavy (non-hydrogen) atoms. The van der Waals surface area contributed by atoms with E-state index in [4.69, 9.17) is 5.26 Å². The highest BCUT2D eigenvalue weighted by molar-refractivity contribution is 7.89. The second kappa shape index (κ2) is 5.87. The lowest BCUT2D eigenvalue weighted by Crippen LogP contribution is -2.24. The van der Waals surface area contributed by atoms with Crippen LogP contribution >= 0.6 is 0 Å². The van der Waals surface area contributed by atoms with Gasteiger partial charge in [-0.2, -0.15) is 5.26 Å². The Morgan fingerprint density at radius 3 is 2.64 bits per heavy atom. The average molecular weight is 320 g/mol. The highest BCUT2D eigenvalue weighted by atomic mass is 32.2. The van der Waals surface area contributed by atoms with Crippen molar-refractivity contribution in [3.63, 3.8) is 0 Å². The maximum absolute atomic E-state index is 12.6. The maximum atomic E-state index is 12.6. The number of rotatable bonds is 5. The largest absolute Gasteiger partial charge is 0.329 e. The van der Waals surface area contributed by atoms with Gasteiger partial charge in [-0.15, -0.1) is 0 Å². The minimum Gasteiger partial charge on any atom is -0.329 e. The van der Waals surface area contributed by atoms with Crippen LogP contribution in [0.2, 0.25) is 0 Å². The van der Waals surface area contributed by atoms with E-state index in [1.54, 1.807) is 6.07 Å². The van der Waals surface area contributed by atoms with Gasteiger partial charge in [0.15, 0.2) is 5.78 Å². The minimum atomic E-state index is -3.87. The molecule has 1 heterocycles. The van der Waals surface area contributed by atoms with Gasteiger partial charge < -0.3 is 4.98 Å². The Labute approximate surface area is 128 Å². The first-order chi connectivity index (χ1) is 10.3. The average Bonchev–Trinajstić information content (AvgIpc) is 2.88. The number of aromatic amines is 1. The number of nitrogens with one attached hydrogen (secondary N) is 1. The smallest absolute Gasteiger partial charge is 0.245 e. The third-order valence-corrected chi connectivity index (χ3v) is 5.12. The van der Waals surface area contributed by atoms with Crippen molar-refractivity contribution in [3.8, 4) is 6.07 Å². The van der Waals surface area contributed by atoms with Gasteiger partial charge >= 0.3 is 0 Å². The molecule has 0 saturated carbocycles. The van der Waals surface area contributed by atoms with Crippen molar-refractivity contribution < 1.29 is 13.2 Å². The molecule has 0 bridgehead atoms. The quantitative estimate of drug-likeness (QED) is 0.843. The Kier molecular flexibility index (Phi) is 4.30. The molecular formula is C14H16N4O3S. The van der Waals surface area contributed by atoms with Gasteiger partial charge in [-0.05, 0) is 18.6 Å². The van der Waals surface area contributed by atoms with Crippen molar-refractivity contribution in [1.82, 2.24) is 14.3 Å². The Balaban J connectivity index is 2.87. The van der Waals surface area contributed by atoms with Crippen LogP contribution in [0.5, 0.6) is 0 Å². The molecule has 0 unspecified atom stereocenters. The summed E-state index contributed by atoms with van der Waals surface area (Å²) in [6.45, 7) is 1.85. The molecule has 0 aliphatic heterocycles. The van der Waals surface area contributed by atoms with Gasteiger partial charge in [0, 0.05) is 26.1 Å². The lowest BCUT2D eigenvalue weighted by molar-refractivity contribution is 0.0978. The summed E-state index contributed by atoms with van der Waals surface area (Å²) in [5, 5.41) is 8.93. The number of hydrogen-bond acceptors (Lipinski definition) is 5. The van der Waals surface area contributed by atoms with E-state index < -0.39 is 10.0 Å². The van der Waals surface area contributed by atoms with Gasteiger partial charge in [0.2, 0.25) is 15.8 Å². The van der Waals surface area contributed by atoms with E-state index >= 15 is 0 Å². The Morgan fingerprint density at radius 2 is 2.09 bits per heavy atom. The minimum absolute atomic E-state index is 0.00490. The van der Waals surface area contributed by atoms with Gasteiger partial charge in [0.25, 0.3) is 0 Å². The topological polar surface area (TPSA) is 107 Å². The molecule has 1 aromatic carbocycles.